The van der Waals surface area contributed by atoms with Gasteiger partial charge in [0.15, 0.2) is 0 Å². The topological polar surface area (TPSA) is 57.0 Å². The summed E-state index contributed by atoms with van der Waals surface area (Å²) in [5.74, 6) is 0.295. The van der Waals surface area contributed by atoms with Gasteiger partial charge < -0.3 is 9.30 Å². The molecule has 0 saturated heterocycles. The monoisotopic (exact) mass is 439 g/mol. The summed E-state index contributed by atoms with van der Waals surface area (Å²) >= 11 is 0. The van der Waals surface area contributed by atoms with Crippen molar-refractivity contribution in [3.63, 3.8) is 0 Å². The fraction of sp³-hybridized carbons (Fsp3) is 0.321. The second-order valence-corrected chi connectivity index (χ2v) is 8.90. The summed E-state index contributed by atoms with van der Waals surface area (Å²) in [7, 11) is 0. The Hall–Kier alpha value is -3.47. The lowest BCUT2D eigenvalue weighted by atomic mass is 10.0. The van der Waals surface area contributed by atoms with Gasteiger partial charge in [-0.3, -0.25) is 9.97 Å². The van der Waals surface area contributed by atoms with E-state index < -0.39 is 0 Å². The number of carbonyl (C=O) groups excluding carboxylic acids is 1. The van der Waals surface area contributed by atoms with Crippen LogP contribution in [0.15, 0.2) is 67.3 Å². The highest BCUT2D eigenvalue weighted by Gasteiger charge is 2.26. The summed E-state index contributed by atoms with van der Waals surface area (Å²) in [6.45, 7) is 3.36. The van der Waals surface area contributed by atoms with E-state index in [0.29, 0.717) is 24.5 Å². The van der Waals surface area contributed by atoms with Gasteiger partial charge in [0.1, 0.15) is 0 Å². The van der Waals surface area contributed by atoms with E-state index in [1.54, 1.807) is 0 Å². The van der Waals surface area contributed by atoms with E-state index in [1.807, 2.05) is 36.8 Å². The van der Waals surface area contributed by atoms with Crippen molar-refractivity contribution in [2.24, 2.45) is 0 Å². The molecule has 1 aromatic carbocycles. The highest BCUT2D eigenvalue weighted by atomic mass is 16.5. The zero-order valence-corrected chi connectivity index (χ0v) is 19.0. The van der Waals surface area contributed by atoms with Crippen molar-refractivity contribution < 1.29 is 9.53 Å². The number of benzene rings is 1. The fourth-order valence-electron chi connectivity index (χ4n) is 4.23. The van der Waals surface area contributed by atoms with Gasteiger partial charge in [0, 0.05) is 43.3 Å². The predicted molar refractivity (Wildman–Crippen MR) is 129 cm³/mol. The lowest BCUT2D eigenvalue weighted by Gasteiger charge is -2.11. The maximum atomic E-state index is 12.8. The first-order valence-electron chi connectivity index (χ1n) is 11.8. The zero-order valence-electron chi connectivity index (χ0n) is 19.0. The summed E-state index contributed by atoms with van der Waals surface area (Å²) in [4.78, 5) is 21.7. The summed E-state index contributed by atoms with van der Waals surface area (Å²) in [5, 5.41) is 1.18. The Balaban J connectivity index is 1.38. The number of aromatic nitrogens is 3. The van der Waals surface area contributed by atoms with Gasteiger partial charge in [0.25, 0.3) is 0 Å². The van der Waals surface area contributed by atoms with Crippen molar-refractivity contribution in [2.75, 3.05) is 6.61 Å². The van der Waals surface area contributed by atoms with Crippen molar-refractivity contribution in [1.82, 2.24) is 14.5 Å². The third kappa shape index (κ3) is 4.98. The Bertz CT molecular complexity index is 1260. The molecular formula is C28H29N3O2. The van der Waals surface area contributed by atoms with Gasteiger partial charge in [0.05, 0.1) is 17.9 Å². The number of carbonyl (C=O) groups is 1. The quantitative estimate of drug-likeness (QED) is 0.240. The number of nitrogens with zero attached hydrogens (tertiary/aromatic N) is 3. The van der Waals surface area contributed by atoms with Crippen LogP contribution in [0.25, 0.3) is 10.9 Å². The molecule has 0 bridgehead atoms. The van der Waals surface area contributed by atoms with E-state index in [4.69, 9.17) is 9.72 Å². The molecule has 5 nitrogen and oxygen atoms in total. The van der Waals surface area contributed by atoms with Crippen LogP contribution >= 0.6 is 0 Å². The van der Waals surface area contributed by atoms with Crippen LogP contribution in [0.1, 0.15) is 71.3 Å². The number of hydrogen-bond acceptors (Lipinski definition) is 4. The number of unbranched alkanes of at least 4 members (excludes halogenated alkanes) is 1. The molecule has 0 radical (unpaired) electrons. The van der Waals surface area contributed by atoms with Gasteiger partial charge >= 0.3 is 5.97 Å². The van der Waals surface area contributed by atoms with E-state index in [2.05, 4.69) is 46.9 Å². The van der Waals surface area contributed by atoms with Crippen LogP contribution in [0.4, 0.5) is 0 Å². The molecule has 0 spiro atoms. The molecule has 0 amide bonds. The van der Waals surface area contributed by atoms with Gasteiger partial charge in [-0.2, -0.15) is 0 Å². The van der Waals surface area contributed by atoms with Crippen molar-refractivity contribution in [3.05, 3.63) is 95.2 Å². The zero-order chi connectivity index (χ0) is 22.6. The van der Waals surface area contributed by atoms with E-state index in [-0.39, 0.29) is 5.97 Å². The highest BCUT2D eigenvalue weighted by Crippen LogP contribution is 2.40. The third-order valence-corrected chi connectivity index (χ3v) is 6.30. The minimum absolute atomic E-state index is 0.252. The third-order valence-electron chi connectivity index (χ3n) is 6.30. The van der Waals surface area contributed by atoms with Gasteiger partial charge in [-0.1, -0.05) is 19.4 Å². The Morgan fingerprint density at radius 2 is 1.94 bits per heavy atom. The van der Waals surface area contributed by atoms with Crippen LogP contribution in [0.3, 0.4) is 0 Å². The van der Waals surface area contributed by atoms with Crippen LogP contribution in [-0.2, 0) is 17.7 Å². The lowest BCUT2D eigenvalue weighted by Crippen LogP contribution is -2.12. The first-order chi connectivity index (χ1) is 16.2. The minimum Gasteiger partial charge on any atom is -0.462 e. The standard InChI is InChI=1S/C28H29N3O2/c1-2-3-14-33-28(32)25-17-24(22-5-6-22)18-30-26(25)16-21-4-7-27-23(15-21)10-13-31(27)19-20-8-11-29-12-9-20/h4,7-13,15,17-18,22H,2-3,5-6,14,16,19H2,1H3. The largest absolute Gasteiger partial charge is 0.462 e. The van der Waals surface area contributed by atoms with E-state index in [1.165, 1.54) is 29.3 Å². The molecule has 4 aromatic rings. The molecule has 33 heavy (non-hydrogen) atoms. The summed E-state index contributed by atoms with van der Waals surface area (Å²) in [6.07, 6.45) is 12.6. The van der Waals surface area contributed by atoms with Gasteiger partial charge in [0.2, 0.25) is 0 Å². The molecule has 1 aliphatic carbocycles. The normalized spacial score (nSPS) is 13.4. The second kappa shape index (κ2) is 9.57. The molecule has 0 N–H and O–H groups in total. The Morgan fingerprint density at radius 1 is 1.09 bits per heavy atom. The molecule has 5 rings (SSSR count). The molecule has 0 atom stereocenters. The van der Waals surface area contributed by atoms with Crippen molar-refractivity contribution in [1.29, 1.82) is 0 Å². The van der Waals surface area contributed by atoms with Crippen molar-refractivity contribution >= 4 is 16.9 Å². The number of fused-ring (bicyclic) bond motifs is 1. The average molecular weight is 440 g/mol. The maximum Gasteiger partial charge on any atom is 0.340 e. The van der Waals surface area contributed by atoms with Gasteiger partial charge in [-0.25, -0.2) is 4.79 Å². The SMILES string of the molecule is CCCCOC(=O)c1cc(C2CC2)cnc1Cc1ccc2c(ccn2Cc2ccncc2)c1. The van der Waals surface area contributed by atoms with Crippen LogP contribution in [-0.4, -0.2) is 27.1 Å². The fourth-order valence-corrected chi connectivity index (χ4v) is 4.23. The number of pyridine rings is 2. The van der Waals surface area contributed by atoms with Crippen LogP contribution < -0.4 is 0 Å². The van der Waals surface area contributed by atoms with Crippen LogP contribution in [0.2, 0.25) is 0 Å². The summed E-state index contributed by atoms with van der Waals surface area (Å²) in [6, 6.07) is 14.7. The van der Waals surface area contributed by atoms with Gasteiger partial charge in [-0.15, -0.1) is 0 Å². The minimum atomic E-state index is -0.252. The summed E-state index contributed by atoms with van der Waals surface area (Å²) in [5.41, 5.74) is 6.11. The Morgan fingerprint density at radius 3 is 2.73 bits per heavy atom. The molecule has 0 aliphatic heterocycles. The molecule has 5 heteroatoms. The molecule has 3 heterocycles. The van der Waals surface area contributed by atoms with Gasteiger partial charge in [-0.05, 0) is 83.7 Å². The second-order valence-electron chi connectivity index (χ2n) is 8.90. The van der Waals surface area contributed by atoms with E-state index in [0.717, 1.165) is 36.2 Å². The van der Waals surface area contributed by atoms with Crippen molar-refractivity contribution in [2.45, 2.75) is 51.5 Å². The highest BCUT2D eigenvalue weighted by molar-refractivity contribution is 5.91. The number of rotatable bonds is 9. The smallest absolute Gasteiger partial charge is 0.340 e. The van der Waals surface area contributed by atoms with E-state index >= 15 is 0 Å². The molecule has 0 unspecified atom stereocenters. The maximum absolute atomic E-state index is 12.8. The Kier molecular flexibility index (Phi) is 6.20. The molecule has 3 aromatic heterocycles. The summed E-state index contributed by atoms with van der Waals surface area (Å²) < 4.78 is 7.79. The number of esters is 1. The average Bonchev–Trinajstić information content (AvgIpc) is 3.62. The molecule has 1 fully saturated rings. The Labute approximate surface area is 194 Å². The molecule has 1 aliphatic rings. The number of ether oxygens (including phenoxy) is 1. The molecular weight excluding hydrogens is 410 g/mol. The predicted octanol–water partition coefficient (Wildman–Crippen LogP) is 5.90. The van der Waals surface area contributed by atoms with Crippen LogP contribution in [0, 0.1) is 0 Å². The lowest BCUT2D eigenvalue weighted by molar-refractivity contribution is 0.0498. The first-order valence-corrected chi connectivity index (χ1v) is 11.8. The number of hydrogen-bond donors (Lipinski definition) is 0. The van der Waals surface area contributed by atoms with E-state index in [9.17, 15) is 4.79 Å². The first kappa shape index (κ1) is 21.4. The molecule has 168 valence electrons. The van der Waals surface area contributed by atoms with Crippen molar-refractivity contribution in [3.8, 4) is 0 Å². The molecule has 1 saturated carbocycles. The van der Waals surface area contributed by atoms with Crippen LogP contribution in [0.5, 0.6) is 0 Å².